The van der Waals surface area contributed by atoms with Crippen LogP contribution in [0.3, 0.4) is 0 Å². The summed E-state index contributed by atoms with van der Waals surface area (Å²) in [6.45, 7) is 1.59. The summed E-state index contributed by atoms with van der Waals surface area (Å²) in [6.07, 6.45) is 2.08. The molecule has 0 amide bonds. The van der Waals surface area contributed by atoms with Gasteiger partial charge in [0.1, 0.15) is 11.9 Å². The largest absolute Gasteiger partial charge is 0.480 e. The predicted octanol–water partition coefficient (Wildman–Crippen LogP) is 3.78. The van der Waals surface area contributed by atoms with Crippen LogP contribution in [0.2, 0.25) is 0 Å². The number of aryl methyl sites for hydroxylation is 1. The van der Waals surface area contributed by atoms with Gasteiger partial charge in [-0.25, -0.2) is 22.3 Å². The maximum Gasteiger partial charge on any atom is 0.326 e. The second kappa shape index (κ2) is 7.27. The Morgan fingerprint density at radius 3 is 2.59 bits per heavy atom. The van der Waals surface area contributed by atoms with Crippen LogP contribution < -0.4 is 4.72 Å². The number of nitrogens with one attached hydrogen (secondary N) is 1. The zero-order valence-corrected chi connectivity index (χ0v) is 16.6. The highest BCUT2D eigenvalue weighted by Crippen LogP contribution is 2.40. The summed E-state index contributed by atoms with van der Waals surface area (Å²) in [5.41, 5.74) is 2.45. The van der Waals surface area contributed by atoms with Gasteiger partial charge in [-0.15, -0.1) is 0 Å². The van der Waals surface area contributed by atoms with Crippen molar-refractivity contribution in [3.05, 3.63) is 65.6 Å². The minimum atomic E-state index is -3.90. The fraction of sp³-hybridized carbons (Fsp3) is 0.286. The van der Waals surface area contributed by atoms with Crippen LogP contribution in [0.1, 0.15) is 43.1 Å². The highest BCUT2D eigenvalue weighted by molar-refractivity contribution is 7.89. The van der Waals surface area contributed by atoms with Crippen molar-refractivity contribution in [3.8, 4) is 0 Å². The summed E-state index contributed by atoms with van der Waals surface area (Å²) < 4.78 is 43.4. The zero-order valence-electron chi connectivity index (χ0n) is 15.8. The van der Waals surface area contributed by atoms with Crippen molar-refractivity contribution in [1.29, 1.82) is 0 Å². The van der Waals surface area contributed by atoms with Crippen molar-refractivity contribution >= 4 is 26.9 Å². The highest BCUT2D eigenvalue weighted by atomic mass is 32.2. The molecule has 152 valence electrons. The zero-order chi connectivity index (χ0) is 20.8. The lowest BCUT2D eigenvalue weighted by molar-refractivity contribution is -0.140. The van der Waals surface area contributed by atoms with Crippen LogP contribution in [0.4, 0.5) is 4.39 Å². The van der Waals surface area contributed by atoms with Crippen molar-refractivity contribution < 1.29 is 22.7 Å². The molecule has 0 aliphatic heterocycles. The number of hydrogen-bond donors (Lipinski definition) is 2. The molecule has 2 N–H and O–H groups in total. The molecule has 6 nitrogen and oxygen atoms in total. The Morgan fingerprint density at radius 2 is 1.90 bits per heavy atom. The van der Waals surface area contributed by atoms with Gasteiger partial charge in [0.2, 0.25) is 10.0 Å². The van der Waals surface area contributed by atoms with E-state index in [0.717, 1.165) is 41.4 Å². The Labute approximate surface area is 168 Å². The van der Waals surface area contributed by atoms with E-state index in [1.165, 1.54) is 12.1 Å². The van der Waals surface area contributed by atoms with E-state index in [1.54, 1.807) is 11.5 Å². The quantitative estimate of drug-likeness (QED) is 0.663. The number of carbonyl (C=O) groups is 1. The van der Waals surface area contributed by atoms with Crippen molar-refractivity contribution in [2.45, 2.75) is 43.2 Å². The van der Waals surface area contributed by atoms with E-state index < -0.39 is 33.9 Å². The number of aliphatic carboxylic acids is 1. The lowest BCUT2D eigenvalue weighted by Crippen LogP contribution is -2.33. The molecular formula is C21H21FN2O4S. The molecule has 0 fully saturated rings. The molecule has 0 saturated carbocycles. The lowest BCUT2D eigenvalue weighted by atomic mass is 9.92. The maximum atomic E-state index is 13.2. The van der Waals surface area contributed by atoms with Gasteiger partial charge in [0, 0.05) is 16.6 Å². The van der Waals surface area contributed by atoms with Gasteiger partial charge in [-0.05, 0) is 62.1 Å². The Hall–Kier alpha value is -2.71. The molecule has 8 heteroatoms. The van der Waals surface area contributed by atoms with Crippen molar-refractivity contribution in [1.82, 2.24) is 9.29 Å². The number of benzene rings is 2. The average Bonchev–Trinajstić information content (AvgIpc) is 3.03. The van der Waals surface area contributed by atoms with E-state index in [4.69, 9.17) is 0 Å². The van der Waals surface area contributed by atoms with Crippen LogP contribution in [0, 0.1) is 5.82 Å². The molecule has 29 heavy (non-hydrogen) atoms. The smallest absolute Gasteiger partial charge is 0.326 e. The first kappa shape index (κ1) is 19.6. The topological polar surface area (TPSA) is 88.4 Å². The summed E-state index contributed by atoms with van der Waals surface area (Å²) in [5, 5.41) is 10.6. The summed E-state index contributed by atoms with van der Waals surface area (Å²) in [6, 6.07) is 10.8. The minimum Gasteiger partial charge on any atom is -0.480 e. The third-order valence-electron chi connectivity index (χ3n) is 5.47. The van der Waals surface area contributed by atoms with E-state index in [1.807, 2.05) is 24.3 Å². The van der Waals surface area contributed by atoms with Crippen LogP contribution in [0.15, 0.2) is 53.4 Å². The first-order valence-electron chi connectivity index (χ1n) is 9.42. The van der Waals surface area contributed by atoms with E-state index >= 15 is 0 Å². The molecule has 0 unspecified atom stereocenters. The highest BCUT2D eigenvalue weighted by Gasteiger charge is 2.33. The number of hydrogen-bond acceptors (Lipinski definition) is 3. The van der Waals surface area contributed by atoms with Crippen LogP contribution in [-0.2, 0) is 21.2 Å². The van der Waals surface area contributed by atoms with E-state index in [-0.39, 0.29) is 4.90 Å². The summed E-state index contributed by atoms with van der Waals surface area (Å²) >= 11 is 0. The number of fused-ring (bicyclic) bond motifs is 3. The predicted molar refractivity (Wildman–Crippen MR) is 107 cm³/mol. The lowest BCUT2D eigenvalue weighted by Gasteiger charge is -2.27. The molecule has 1 aromatic heterocycles. The first-order valence-corrected chi connectivity index (χ1v) is 10.9. The number of sulfonamides is 1. The molecule has 2 aromatic carbocycles. The maximum absolute atomic E-state index is 13.2. The minimum absolute atomic E-state index is 0.0278. The van der Waals surface area contributed by atoms with Crippen LogP contribution in [0.25, 0.3) is 10.9 Å². The SMILES string of the molecule is C[C@H](C(=O)O)n1c2c(c3ccccc31)CCC[C@H]2NS(=O)(=O)c1ccc(F)cc1. The number of nitrogens with zero attached hydrogens (tertiary/aromatic N) is 1. The molecule has 4 rings (SSSR count). The summed E-state index contributed by atoms with van der Waals surface area (Å²) in [7, 11) is -3.90. The molecule has 0 bridgehead atoms. The molecule has 0 spiro atoms. The standard InChI is InChI=1S/C21H21FN2O4S/c1-13(21(25)26)24-19-8-3-2-5-16(19)17-6-4-7-18(20(17)24)23-29(27,28)15-11-9-14(22)10-12-15/h2-3,5,8-13,18,23H,4,6-7H2,1H3,(H,25,26)/t13-,18-/m1/s1. The Morgan fingerprint density at radius 1 is 1.21 bits per heavy atom. The molecule has 3 aromatic rings. The van der Waals surface area contributed by atoms with Crippen LogP contribution in [0.5, 0.6) is 0 Å². The average molecular weight is 416 g/mol. The van der Waals surface area contributed by atoms with Gasteiger partial charge in [0.05, 0.1) is 10.9 Å². The Balaban J connectivity index is 1.84. The fourth-order valence-corrected chi connectivity index (χ4v) is 5.36. The number of aromatic nitrogens is 1. The van der Waals surface area contributed by atoms with Crippen molar-refractivity contribution in [2.75, 3.05) is 0 Å². The number of rotatable bonds is 5. The third-order valence-corrected chi connectivity index (χ3v) is 6.96. The number of para-hydroxylation sites is 1. The van der Waals surface area contributed by atoms with Gasteiger partial charge in [0.25, 0.3) is 0 Å². The van der Waals surface area contributed by atoms with Gasteiger partial charge in [-0.1, -0.05) is 18.2 Å². The second-order valence-electron chi connectivity index (χ2n) is 7.29. The van der Waals surface area contributed by atoms with Gasteiger partial charge in [-0.3, -0.25) is 0 Å². The Bertz CT molecular complexity index is 1190. The Kier molecular flexibility index (Phi) is 4.92. The number of carboxylic acids is 1. The van der Waals surface area contributed by atoms with Crippen molar-refractivity contribution in [3.63, 3.8) is 0 Å². The molecule has 0 saturated heterocycles. The van der Waals surface area contributed by atoms with E-state index in [2.05, 4.69) is 4.72 Å². The molecular weight excluding hydrogens is 395 g/mol. The van der Waals surface area contributed by atoms with Crippen molar-refractivity contribution in [2.24, 2.45) is 0 Å². The summed E-state index contributed by atoms with van der Waals surface area (Å²) in [5.74, 6) is -1.50. The number of halogens is 1. The normalized spacial score (nSPS) is 17.8. The first-order chi connectivity index (χ1) is 13.8. The third kappa shape index (κ3) is 3.42. The van der Waals surface area contributed by atoms with E-state index in [0.29, 0.717) is 12.1 Å². The molecule has 1 aliphatic carbocycles. The monoisotopic (exact) mass is 416 g/mol. The molecule has 1 heterocycles. The fourth-order valence-electron chi connectivity index (χ4n) is 4.12. The van der Waals surface area contributed by atoms with Crippen LogP contribution >= 0.6 is 0 Å². The van der Waals surface area contributed by atoms with Crippen LogP contribution in [-0.4, -0.2) is 24.1 Å². The number of carboxylic acid groups (broad SMARTS) is 1. The molecule has 2 atom stereocenters. The van der Waals surface area contributed by atoms with Gasteiger partial charge < -0.3 is 9.67 Å². The molecule has 0 radical (unpaired) electrons. The second-order valence-corrected chi connectivity index (χ2v) is 9.00. The summed E-state index contributed by atoms with van der Waals surface area (Å²) in [4.78, 5) is 11.7. The van der Waals surface area contributed by atoms with E-state index in [9.17, 15) is 22.7 Å². The molecule has 1 aliphatic rings. The van der Waals surface area contributed by atoms with Gasteiger partial charge >= 0.3 is 5.97 Å². The van der Waals surface area contributed by atoms with Gasteiger partial charge in [-0.2, -0.15) is 0 Å². The van der Waals surface area contributed by atoms with Gasteiger partial charge in [0.15, 0.2) is 0 Å².